The van der Waals surface area contributed by atoms with Gasteiger partial charge in [-0.1, -0.05) is 6.92 Å². The van der Waals surface area contributed by atoms with Crippen LogP contribution in [0, 0.1) is 0 Å². The first-order valence-corrected chi connectivity index (χ1v) is 5.45. The van der Waals surface area contributed by atoms with Crippen LogP contribution in [-0.2, 0) is 9.47 Å². The molecule has 0 spiro atoms. The Balaban J connectivity index is 3.84. The minimum atomic E-state index is -0.100. The fourth-order valence-corrected chi connectivity index (χ4v) is 1.19. The maximum Gasteiger partial charge on any atom is 0.0939 e. The minimum Gasteiger partial charge on any atom is -0.379 e. The quantitative estimate of drug-likeness (QED) is 0.684. The van der Waals surface area contributed by atoms with Crippen LogP contribution in [0.5, 0.6) is 0 Å². The molecule has 1 atom stereocenters. The molecule has 0 aromatic rings. The van der Waals surface area contributed by atoms with Gasteiger partial charge >= 0.3 is 0 Å². The number of likely N-dealkylation sites (N-methyl/N-ethyl adjacent to an activating group) is 1. The molecule has 0 saturated heterocycles. The maximum absolute atomic E-state index is 5.85. The number of hydrogen-bond donors (Lipinski definition) is 1. The number of nitrogens with one attached hydrogen (secondary N) is 1. The van der Waals surface area contributed by atoms with E-state index in [0.717, 1.165) is 19.7 Å². The Morgan fingerprint density at radius 2 is 1.86 bits per heavy atom. The molecule has 3 heteroatoms. The molecule has 1 unspecified atom stereocenters. The van der Waals surface area contributed by atoms with Gasteiger partial charge in [0, 0.05) is 13.2 Å². The van der Waals surface area contributed by atoms with Crippen molar-refractivity contribution in [3.05, 3.63) is 0 Å². The molecule has 0 radical (unpaired) electrons. The van der Waals surface area contributed by atoms with Crippen LogP contribution in [0.25, 0.3) is 0 Å². The van der Waals surface area contributed by atoms with Crippen LogP contribution in [0.4, 0.5) is 0 Å². The molecule has 0 saturated carbocycles. The lowest BCUT2D eigenvalue weighted by Gasteiger charge is -2.27. The monoisotopic (exact) mass is 203 g/mol. The molecule has 0 aromatic heterocycles. The Morgan fingerprint density at radius 3 is 2.29 bits per heavy atom. The molecule has 0 aliphatic rings. The Kier molecular flexibility index (Phi) is 7.15. The summed E-state index contributed by atoms with van der Waals surface area (Å²) in [7, 11) is 0. The third-order valence-corrected chi connectivity index (χ3v) is 1.65. The van der Waals surface area contributed by atoms with Crippen LogP contribution in [0.3, 0.4) is 0 Å². The summed E-state index contributed by atoms with van der Waals surface area (Å²) in [6.07, 6.45) is 0.148. The zero-order chi connectivity index (χ0) is 11.0. The molecule has 3 nitrogen and oxygen atoms in total. The van der Waals surface area contributed by atoms with E-state index in [1.54, 1.807) is 0 Å². The molecule has 0 aromatic carbocycles. The van der Waals surface area contributed by atoms with Crippen molar-refractivity contribution in [2.75, 3.05) is 26.3 Å². The second kappa shape index (κ2) is 7.21. The summed E-state index contributed by atoms with van der Waals surface area (Å²) < 4.78 is 11.2. The molecule has 0 amide bonds. The fourth-order valence-electron chi connectivity index (χ4n) is 1.19. The van der Waals surface area contributed by atoms with E-state index in [9.17, 15) is 0 Å². The van der Waals surface area contributed by atoms with Crippen LogP contribution < -0.4 is 5.32 Å². The highest BCUT2D eigenvalue weighted by Crippen LogP contribution is 2.10. The standard InChI is InChI=1S/C11H25NO2/c1-6-12-8-10(9-13-7-2)14-11(3,4)5/h10,12H,6-9H2,1-5H3. The van der Waals surface area contributed by atoms with E-state index in [-0.39, 0.29) is 11.7 Å². The summed E-state index contributed by atoms with van der Waals surface area (Å²) in [4.78, 5) is 0. The highest BCUT2D eigenvalue weighted by Gasteiger charge is 2.18. The topological polar surface area (TPSA) is 30.5 Å². The van der Waals surface area contributed by atoms with Crippen molar-refractivity contribution in [2.24, 2.45) is 0 Å². The Bertz CT molecular complexity index is 124. The van der Waals surface area contributed by atoms with Gasteiger partial charge < -0.3 is 14.8 Å². The Morgan fingerprint density at radius 1 is 1.21 bits per heavy atom. The second-order valence-electron chi connectivity index (χ2n) is 4.32. The van der Waals surface area contributed by atoms with Crippen molar-refractivity contribution in [3.63, 3.8) is 0 Å². The van der Waals surface area contributed by atoms with E-state index < -0.39 is 0 Å². The SMILES string of the molecule is CCNCC(COCC)OC(C)(C)C. The van der Waals surface area contributed by atoms with Crippen LogP contribution in [0.1, 0.15) is 34.6 Å². The third-order valence-electron chi connectivity index (χ3n) is 1.65. The molecule has 86 valence electrons. The van der Waals surface area contributed by atoms with E-state index in [1.807, 2.05) is 6.92 Å². The summed E-state index contributed by atoms with van der Waals surface area (Å²) >= 11 is 0. The van der Waals surface area contributed by atoms with Gasteiger partial charge in [-0.25, -0.2) is 0 Å². The van der Waals surface area contributed by atoms with Crippen molar-refractivity contribution in [1.29, 1.82) is 0 Å². The van der Waals surface area contributed by atoms with Gasteiger partial charge in [0.2, 0.25) is 0 Å². The van der Waals surface area contributed by atoms with Crippen molar-refractivity contribution in [3.8, 4) is 0 Å². The van der Waals surface area contributed by atoms with Crippen LogP contribution in [0.15, 0.2) is 0 Å². The van der Waals surface area contributed by atoms with Crippen molar-refractivity contribution in [2.45, 2.75) is 46.3 Å². The molecular weight excluding hydrogens is 178 g/mol. The van der Waals surface area contributed by atoms with Gasteiger partial charge in [0.1, 0.15) is 0 Å². The molecular formula is C11H25NO2. The molecule has 0 aliphatic heterocycles. The summed E-state index contributed by atoms with van der Waals surface area (Å²) in [5, 5.41) is 3.27. The van der Waals surface area contributed by atoms with E-state index in [2.05, 4.69) is 33.0 Å². The van der Waals surface area contributed by atoms with Crippen LogP contribution in [0.2, 0.25) is 0 Å². The largest absolute Gasteiger partial charge is 0.379 e. The number of hydrogen-bond acceptors (Lipinski definition) is 3. The van der Waals surface area contributed by atoms with Crippen LogP contribution in [-0.4, -0.2) is 38.0 Å². The van der Waals surface area contributed by atoms with Crippen molar-refractivity contribution >= 4 is 0 Å². The lowest BCUT2D eigenvalue weighted by Crippen LogP contribution is -2.38. The molecule has 0 fully saturated rings. The van der Waals surface area contributed by atoms with Gasteiger partial charge in [0.05, 0.1) is 18.3 Å². The Labute approximate surface area is 88.2 Å². The lowest BCUT2D eigenvalue weighted by molar-refractivity contribution is -0.0894. The molecule has 0 rings (SSSR count). The molecule has 0 bridgehead atoms. The lowest BCUT2D eigenvalue weighted by atomic mass is 10.2. The van der Waals surface area contributed by atoms with Crippen molar-refractivity contribution in [1.82, 2.24) is 5.32 Å². The zero-order valence-corrected chi connectivity index (χ0v) is 10.2. The van der Waals surface area contributed by atoms with Gasteiger partial charge in [-0.3, -0.25) is 0 Å². The zero-order valence-electron chi connectivity index (χ0n) is 10.2. The predicted molar refractivity (Wildman–Crippen MR) is 59.7 cm³/mol. The first kappa shape index (κ1) is 13.9. The van der Waals surface area contributed by atoms with E-state index in [0.29, 0.717) is 6.61 Å². The minimum absolute atomic E-state index is 0.100. The van der Waals surface area contributed by atoms with Gasteiger partial charge in [0.15, 0.2) is 0 Å². The maximum atomic E-state index is 5.85. The average molecular weight is 203 g/mol. The summed E-state index contributed by atoms with van der Waals surface area (Å²) in [5.41, 5.74) is -0.100. The third kappa shape index (κ3) is 8.48. The summed E-state index contributed by atoms with van der Waals surface area (Å²) in [5.74, 6) is 0. The normalized spacial score (nSPS) is 14.4. The molecule has 1 N–H and O–H groups in total. The summed E-state index contributed by atoms with van der Waals surface area (Å²) in [6, 6.07) is 0. The summed E-state index contributed by atoms with van der Waals surface area (Å²) in [6.45, 7) is 13.5. The first-order valence-electron chi connectivity index (χ1n) is 5.45. The van der Waals surface area contributed by atoms with Gasteiger partial charge in [-0.2, -0.15) is 0 Å². The number of ether oxygens (including phenoxy) is 2. The predicted octanol–water partition coefficient (Wildman–Crippen LogP) is 1.82. The van der Waals surface area contributed by atoms with Gasteiger partial charge in [-0.05, 0) is 34.2 Å². The number of rotatable bonds is 7. The highest BCUT2D eigenvalue weighted by atomic mass is 16.5. The molecule has 0 heterocycles. The second-order valence-corrected chi connectivity index (χ2v) is 4.32. The van der Waals surface area contributed by atoms with E-state index >= 15 is 0 Å². The van der Waals surface area contributed by atoms with Crippen molar-refractivity contribution < 1.29 is 9.47 Å². The first-order chi connectivity index (χ1) is 6.49. The highest BCUT2D eigenvalue weighted by molar-refractivity contribution is 4.68. The smallest absolute Gasteiger partial charge is 0.0939 e. The van der Waals surface area contributed by atoms with Gasteiger partial charge in [0.25, 0.3) is 0 Å². The average Bonchev–Trinajstić information content (AvgIpc) is 2.07. The van der Waals surface area contributed by atoms with E-state index in [1.165, 1.54) is 0 Å². The van der Waals surface area contributed by atoms with Gasteiger partial charge in [-0.15, -0.1) is 0 Å². The fraction of sp³-hybridized carbons (Fsp3) is 1.00. The molecule has 14 heavy (non-hydrogen) atoms. The van der Waals surface area contributed by atoms with E-state index in [4.69, 9.17) is 9.47 Å². The Hall–Kier alpha value is -0.120. The molecule has 0 aliphatic carbocycles. The van der Waals surface area contributed by atoms with Crippen LogP contribution >= 0.6 is 0 Å².